The van der Waals surface area contributed by atoms with Crippen molar-refractivity contribution in [1.29, 1.82) is 0 Å². The van der Waals surface area contributed by atoms with Crippen molar-refractivity contribution < 1.29 is 4.42 Å². The smallest absolute Gasteiger partial charge is 0.164 e. The lowest BCUT2D eigenvalue weighted by molar-refractivity contribution is 0.452. The van der Waals surface area contributed by atoms with Crippen LogP contribution in [0.25, 0.3) is 0 Å². The maximum atomic E-state index is 5.41. The van der Waals surface area contributed by atoms with Crippen LogP contribution < -0.4 is 5.32 Å². The highest BCUT2D eigenvalue weighted by atomic mass is 127. The maximum absolute atomic E-state index is 5.41. The van der Waals surface area contributed by atoms with Gasteiger partial charge in [0.15, 0.2) is 3.77 Å². The van der Waals surface area contributed by atoms with Gasteiger partial charge in [-0.2, -0.15) is 0 Å². The lowest BCUT2D eigenvalue weighted by Crippen LogP contribution is -2.15. The Balaban J connectivity index is 2.13. The molecule has 0 aromatic carbocycles. The molecule has 13 heavy (non-hydrogen) atoms. The van der Waals surface area contributed by atoms with Crippen molar-refractivity contribution in [3.05, 3.63) is 21.7 Å². The standard InChI is InChI=1S/C10H16INO/c1-8(2)5-6-12-7-9-3-4-10(11)13-9/h3-4,8,12H,5-7H2,1-2H3. The van der Waals surface area contributed by atoms with E-state index in [1.54, 1.807) is 0 Å². The summed E-state index contributed by atoms with van der Waals surface area (Å²) in [6, 6.07) is 4.00. The number of furan rings is 1. The van der Waals surface area contributed by atoms with Gasteiger partial charge in [0.2, 0.25) is 0 Å². The van der Waals surface area contributed by atoms with Gasteiger partial charge >= 0.3 is 0 Å². The van der Waals surface area contributed by atoms with Gasteiger partial charge in [0.25, 0.3) is 0 Å². The van der Waals surface area contributed by atoms with E-state index < -0.39 is 0 Å². The zero-order chi connectivity index (χ0) is 9.68. The maximum Gasteiger partial charge on any atom is 0.164 e. The Morgan fingerprint density at radius 3 is 2.77 bits per heavy atom. The molecule has 1 aromatic rings. The highest BCUT2D eigenvalue weighted by molar-refractivity contribution is 14.1. The van der Waals surface area contributed by atoms with E-state index in [2.05, 4.69) is 41.8 Å². The fraction of sp³-hybridized carbons (Fsp3) is 0.600. The van der Waals surface area contributed by atoms with Crippen molar-refractivity contribution in [2.45, 2.75) is 26.8 Å². The minimum atomic E-state index is 0.768. The molecule has 0 saturated carbocycles. The Labute approximate surface area is 93.2 Å². The van der Waals surface area contributed by atoms with Gasteiger partial charge in [-0.1, -0.05) is 13.8 Å². The average Bonchev–Trinajstić information content (AvgIpc) is 2.45. The summed E-state index contributed by atoms with van der Waals surface area (Å²) in [5, 5.41) is 3.35. The number of rotatable bonds is 5. The highest BCUT2D eigenvalue weighted by Crippen LogP contribution is 2.09. The van der Waals surface area contributed by atoms with E-state index in [1.807, 2.05) is 12.1 Å². The molecule has 0 aliphatic carbocycles. The Bertz CT molecular complexity index is 245. The van der Waals surface area contributed by atoms with Crippen LogP contribution in [0.5, 0.6) is 0 Å². The molecule has 0 aliphatic rings. The highest BCUT2D eigenvalue weighted by Gasteiger charge is 1.98. The fourth-order valence-electron chi connectivity index (χ4n) is 1.05. The second kappa shape index (κ2) is 5.65. The van der Waals surface area contributed by atoms with Crippen LogP contribution in [0.15, 0.2) is 16.5 Å². The summed E-state index contributed by atoms with van der Waals surface area (Å²) in [6.07, 6.45) is 1.22. The Morgan fingerprint density at radius 1 is 1.46 bits per heavy atom. The summed E-state index contributed by atoms with van der Waals surface area (Å²) in [4.78, 5) is 0. The molecule has 2 nitrogen and oxygen atoms in total. The first-order valence-corrected chi connectivity index (χ1v) is 5.71. The predicted molar refractivity (Wildman–Crippen MR) is 62.6 cm³/mol. The van der Waals surface area contributed by atoms with Crippen molar-refractivity contribution >= 4 is 22.6 Å². The Kier molecular flexibility index (Phi) is 4.80. The van der Waals surface area contributed by atoms with E-state index in [4.69, 9.17) is 4.42 Å². The summed E-state index contributed by atoms with van der Waals surface area (Å²) in [7, 11) is 0. The Hall–Kier alpha value is -0.0300. The van der Waals surface area contributed by atoms with Crippen molar-refractivity contribution in [2.75, 3.05) is 6.54 Å². The molecule has 0 spiro atoms. The molecule has 1 heterocycles. The van der Waals surface area contributed by atoms with Gasteiger partial charge in [-0.3, -0.25) is 0 Å². The largest absolute Gasteiger partial charge is 0.454 e. The summed E-state index contributed by atoms with van der Waals surface area (Å²) >= 11 is 2.18. The molecule has 0 atom stereocenters. The average molecular weight is 293 g/mol. The minimum Gasteiger partial charge on any atom is -0.454 e. The SMILES string of the molecule is CC(C)CCNCc1ccc(I)o1. The third-order valence-electron chi connectivity index (χ3n) is 1.83. The Morgan fingerprint density at radius 2 is 2.23 bits per heavy atom. The van der Waals surface area contributed by atoms with E-state index in [0.717, 1.165) is 28.5 Å². The van der Waals surface area contributed by atoms with Crippen LogP contribution in [0, 0.1) is 9.68 Å². The molecular formula is C10H16INO. The van der Waals surface area contributed by atoms with Gasteiger partial charge in [0.1, 0.15) is 5.76 Å². The molecule has 1 aromatic heterocycles. The molecule has 0 unspecified atom stereocenters. The molecule has 0 fully saturated rings. The monoisotopic (exact) mass is 293 g/mol. The van der Waals surface area contributed by atoms with E-state index in [-0.39, 0.29) is 0 Å². The van der Waals surface area contributed by atoms with Crippen molar-refractivity contribution in [1.82, 2.24) is 5.32 Å². The first-order valence-electron chi connectivity index (χ1n) is 4.63. The third kappa shape index (κ3) is 4.67. The van der Waals surface area contributed by atoms with Crippen LogP contribution in [-0.2, 0) is 6.54 Å². The van der Waals surface area contributed by atoms with Crippen LogP contribution in [-0.4, -0.2) is 6.54 Å². The van der Waals surface area contributed by atoms with Gasteiger partial charge in [-0.05, 0) is 53.6 Å². The zero-order valence-electron chi connectivity index (χ0n) is 8.14. The quantitative estimate of drug-likeness (QED) is 0.667. The first kappa shape index (κ1) is 11.0. The van der Waals surface area contributed by atoms with E-state index >= 15 is 0 Å². The molecule has 0 saturated heterocycles. The summed E-state index contributed by atoms with van der Waals surface area (Å²) in [5.41, 5.74) is 0. The molecule has 1 N–H and O–H groups in total. The van der Waals surface area contributed by atoms with Crippen molar-refractivity contribution in [3.8, 4) is 0 Å². The summed E-state index contributed by atoms with van der Waals surface area (Å²) in [6.45, 7) is 6.37. The topological polar surface area (TPSA) is 25.2 Å². The van der Waals surface area contributed by atoms with Crippen LogP contribution in [0.4, 0.5) is 0 Å². The summed E-state index contributed by atoms with van der Waals surface area (Å²) < 4.78 is 6.37. The van der Waals surface area contributed by atoms with Gasteiger partial charge in [0, 0.05) is 0 Å². The zero-order valence-corrected chi connectivity index (χ0v) is 10.3. The fourth-order valence-corrected chi connectivity index (χ4v) is 1.51. The number of hydrogen-bond donors (Lipinski definition) is 1. The van der Waals surface area contributed by atoms with E-state index in [0.29, 0.717) is 0 Å². The molecule has 1 rings (SSSR count). The van der Waals surface area contributed by atoms with Crippen LogP contribution in [0.1, 0.15) is 26.0 Å². The van der Waals surface area contributed by atoms with Crippen molar-refractivity contribution in [3.63, 3.8) is 0 Å². The molecule has 0 amide bonds. The minimum absolute atomic E-state index is 0.768. The molecule has 74 valence electrons. The van der Waals surface area contributed by atoms with E-state index in [9.17, 15) is 0 Å². The molecule has 3 heteroatoms. The normalized spacial score (nSPS) is 11.1. The van der Waals surface area contributed by atoms with Gasteiger partial charge in [-0.25, -0.2) is 0 Å². The van der Waals surface area contributed by atoms with E-state index in [1.165, 1.54) is 6.42 Å². The third-order valence-corrected chi connectivity index (χ3v) is 2.41. The molecule has 0 bridgehead atoms. The van der Waals surface area contributed by atoms with Crippen LogP contribution in [0.2, 0.25) is 0 Å². The molecule has 0 radical (unpaired) electrons. The second-order valence-corrected chi connectivity index (χ2v) is 4.63. The van der Waals surface area contributed by atoms with Crippen LogP contribution >= 0.6 is 22.6 Å². The lowest BCUT2D eigenvalue weighted by Gasteiger charge is -2.04. The van der Waals surface area contributed by atoms with Crippen LogP contribution in [0.3, 0.4) is 0 Å². The summed E-state index contributed by atoms with van der Waals surface area (Å²) in [5.74, 6) is 1.79. The number of nitrogens with one attached hydrogen (secondary N) is 1. The molecule has 0 aliphatic heterocycles. The number of halogens is 1. The number of hydrogen-bond acceptors (Lipinski definition) is 2. The predicted octanol–water partition coefficient (Wildman–Crippen LogP) is 3.02. The van der Waals surface area contributed by atoms with Gasteiger partial charge in [-0.15, -0.1) is 0 Å². The van der Waals surface area contributed by atoms with Gasteiger partial charge in [0.05, 0.1) is 6.54 Å². The second-order valence-electron chi connectivity index (χ2n) is 3.57. The van der Waals surface area contributed by atoms with Gasteiger partial charge < -0.3 is 9.73 Å². The van der Waals surface area contributed by atoms with Crippen molar-refractivity contribution in [2.24, 2.45) is 5.92 Å². The molecular weight excluding hydrogens is 277 g/mol. The lowest BCUT2D eigenvalue weighted by atomic mass is 10.1. The first-order chi connectivity index (χ1) is 6.18.